The van der Waals surface area contributed by atoms with E-state index in [-0.39, 0.29) is 31.0 Å². The highest BCUT2D eigenvalue weighted by molar-refractivity contribution is 9.10. The maximum Gasteiger partial charge on any atom is 0.261 e. The van der Waals surface area contributed by atoms with Crippen LogP contribution >= 0.6 is 27.5 Å². The Kier molecular flexibility index (Phi) is 9.00. The molecule has 2 amide bonds. The maximum absolute atomic E-state index is 13.2. The third-order valence-electron chi connectivity index (χ3n) is 5.85. The number of rotatable bonds is 8. The summed E-state index contributed by atoms with van der Waals surface area (Å²) < 4.78 is 6.73. The van der Waals surface area contributed by atoms with Gasteiger partial charge >= 0.3 is 0 Å². The second-order valence-corrected chi connectivity index (χ2v) is 9.66. The topological polar surface area (TPSA) is 58.6 Å². The van der Waals surface area contributed by atoms with E-state index in [2.05, 4.69) is 21.2 Å². The Balaban J connectivity index is 1.71. The monoisotopic (exact) mass is 520 g/mol. The molecule has 1 saturated carbocycles. The molecule has 0 bridgehead atoms. The lowest BCUT2D eigenvalue weighted by Crippen LogP contribution is -2.51. The van der Waals surface area contributed by atoms with Crippen molar-refractivity contribution in [3.05, 3.63) is 63.1 Å². The number of nitrogens with one attached hydrogen (secondary N) is 1. The second kappa shape index (κ2) is 11.7. The van der Waals surface area contributed by atoms with Gasteiger partial charge in [-0.1, -0.05) is 58.9 Å². The Morgan fingerprint density at radius 3 is 2.62 bits per heavy atom. The van der Waals surface area contributed by atoms with Crippen LogP contribution in [-0.4, -0.2) is 35.4 Å². The van der Waals surface area contributed by atoms with E-state index in [9.17, 15) is 9.59 Å². The number of hydrogen-bond donors (Lipinski definition) is 1. The molecular weight excluding hydrogens is 492 g/mol. The number of amides is 2. The van der Waals surface area contributed by atoms with Crippen molar-refractivity contribution in [3.8, 4) is 5.75 Å². The number of benzene rings is 2. The molecule has 0 heterocycles. The summed E-state index contributed by atoms with van der Waals surface area (Å²) in [6.45, 7) is 3.86. The van der Waals surface area contributed by atoms with Crippen molar-refractivity contribution >= 4 is 39.3 Å². The number of aryl methyl sites for hydroxylation is 1. The van der Waals surface area contributed by atoms with Gasteiger partial charge in [0.25, 0.3) is 5.91 Å². The molecule has 1 aliphatic rings. The van der Waals surface area contributed by atoms with Crippen LogP contribution in [0.15, 0.2) is 46.9 Å². The van der Waals surface area contributed by atoms with Crippen LogP contribution in [0.5, 0.6) is 5.75 Å². The summed E-state index contributed by atoms with van der Waals surface area (Å²) >= 11 is 9.60. The molecule has 0 saturated heterocycles. The third-order valence-corrected chi connectivity index (χ3v) is 6.98. The molecule has 0 aromatic heterocycles. The number of hydrogen-bond acceptors (Lipinski definition) is 3. The van der Waals surface area contributed by atoms with Gasteiger partial charge in [-0.2, -0.15) is 0 Å². The van der Waals surface area contributed by atoms with Gasteiger partial charge in [-0.25, -0.2) is 0 Å². The highest BCUT2D eigenvalue weighted by atomic mass is 79.9. The highest BCUT2D eigenvalue weighted by Crippen LogP contribution is 2.22. The molecule has 7 heteroatoms. The fourth-order valence-corrected chi connectivity index (χ4v) is 4.38. The molecule has 0 aliphatic heterocycles. The molecule has 0 radical (unpaired) electrons. The first-order chi connectivity index (χ1) is 15.3. The summed E-state index contributed by atoms with van der Waals surface area (Å²) in [7, 11) is 0. The molecule has 3 rings (SSSR count). The van der Waals surface area contributed by atoms with Crippen LogP contribution in [0.2, 0.25) is 5.02 Å². The maximum atomic E-state index is 13.2. The van der Waals surface area contributed by atoms with Crippen LogP contribution in [0.1, 0.15) is 50.2 Å². The fraction of sp³-hybridized carbons (Fsp3) is 0.440. The van der Waals surface area contributed by atoms with E-state index in [1.54, 1.807) is 17.9 Å². The Bertz CT molecular complexity index is 947. The standard InChI is InChI=1S/C25H30BrClN2O3/c1-17-13-22(11-12-23(17)26)32-16-24(30)29(15-19-7-6-8-20(27)14-19)18(2)25(31)28-21-9-4-3-5-10-21/h6-8,11-14,18,21H,3-5,9-10,15-16H2,1-2H3,(H,28,31)/t18-/m1/s1. The van der Waals surface area contributed by atoms with Gasteiger partial charge in [0, 0.05) is 22.1 Å². The van der Waals surface area contributed by atoms with Gasteiger partial charge in [-0.05, 0) is 68.1 Å². The third kappa shape index (κ3) is 6.97. The van der Waals surface area contributed by atoms with Crippen molar-refractivity contribution < 1.29 is 14.3 Å². The zero-order chi connectivity index (χ0) is 23.1. The van der Waals surface area contributed by atoms with Crippen molar-refractivity contribution in [2.24, 2.45) is 0 Å². The lowest BCUT2D eigenvalue weighted by atomic mass is 9.95. The molecule has 1 N–H and O–H groups in total. The number of nitrogens with zero attached hydrogens (tertiary/aromatic N) is 1. The minimum absolute atomic E-state index is 0.133. The van der Waals surface area contributed by atoms with Crippen molar-refractivity contribution in [2.45, 2.75) is 64.6 Å². The van der Waals surface area contributed by atoms with Crippen molar-refractivity contribution in [2.75, 3.05) is 6.61 Å². The highest BCUT2D eigenvalue weighted by Gasteiger charge is 2.28. The van der Waals surface area contributed by atoms with E-state index in [0.717, 1.165) is 41.3 Å². The molecule has 2 aromatic rings. The zero-order valence-electron chi connectivity index (χ0n) is 18.6. The SMILES string of the molecule is Cc1cc(OCC(=O)N(Cc2cccc(Cl)c2)[C@H](C)C(=O)NC2CCCCC2)ccc1Br. The van der Waals surface area contributed by atoms with E-state index in [0.29, 0.717) is 10.8 Å². The molecule has 0 spiro atoms. The van der Waals surface area contributed by atoms with Crippen molar-refractivity contribution in [3.63, 3.8) is 0 Å². The first kappa shape index (κ1) is 24.6. The molecular formula is C25H30BrClN2O3. The molecule has 2 aromatic carbocycles. The van der Waals surface area contributed by atoms with E-state index in [4.69, 9.17) is 16.3 Å². The Labute approximate surface area is 203 Å². The summed E-state index contributed by atoms with van der Waals surface area (Å²) in [5.41, 5.74) is 1.88. The van der Waals surface area contributed by atoms with Crippen LogP contribution in [0.4, 0.5) is 0 Å². The largest absolute Gasteiger partial charge is 0.484 e. The smallest absolute Gasteiger partial charge is 0.261 e. The van der Waals surface area contributed by atoms with Crippen LogP contribution in [0.3, 0.4) is 0 Å². The van der Waals surface area contributed by atoms with Gasteiger partial charge in [0.1, 0.15) is 11.8 Å². The Morgan fingerprint density at radius 2 is 1.94 bits per heavy atom. The van der Waals surface area contributed by atoms with E-state index < -0.39 is 6.04 Å². The summed E-state index contributed by atoms with van der Waals surface area (Å²) in [6.07, 6.45) is 5.46. The molecule has 1 fully saturated rings. The van der Waals surface area contributed by atoms with E-state index >= 15 is 0 Å². The predicted molar refractivity (Wildman–Crippen MR) is 131 cm³/mol. The van der Waals surface area contributed by atoms with Gasteiger partial charge in [0.2, 0.25) is 5.91 Å². The summed E-state index contributed by atoms with van der Waals surface area (Å²) in [6, 6.07) is 12.5. The number of halogens is 2. The second-order valence-electron chi connectivity index (χ2n) is 8.37. The average Bonchev–Trinajstić information content (AvgIpc) is 2.78. The summed E-state index contributed by atoms with van der Waals surface area (Å²) in [5.74, 6) is 0.227. The van der Waals surface area contributed by atoms with Crippen molar-refractivity contribution in [1.82, 2.24) is 10.2 Å². The minimum Gasteiger partial charge on any atom is -0.484 e. The fourth-order valence-electron chi connectivity index (χ4n) is 3.92. The van der Waals surface area contributed by atoms with Gasteiger partial charge < -0.3 is 15.0 Å². The van der Waals surface area contributed by atoms with Crippen LogP contribution in [-0.2, 0) is 16.1 Å². The quantitative estimate of drug-likeness (QED) is 0.488. The summed E-state index contributed by atoms with van der Waals surface area (Å²) in [4.78, 5) is 27.7. The first-order valence-corrected chi connectivity index (χ1v) is 12.2. The predicted octanol–water partition coefficient (Wildman–Crippen LogP) is 5.66. The molecule has 32 heavy (non-hydrogen) atoms. The van der Waals surface area contributed by atoms with Crippen LogP contribution in [0.25, 0.3) is 0 Å². The van der Waals surface area contributed by atoms with Crippen molar-refractivity contribution in [1.29, 1.82) is 0 Å². The Morgan fingerprint density at radius 1 is 1.19 bits per heavy atom. The first-order valence-electron chi connectivity index (χ1n) is 11.1. The average molecular weight is 522 g/mol. The lowest BCUT2D eigenvalue weighted by molar-refractivity contribution is -0.142. The van der Waals surface area contributed by atoms with Crippen LogP contribution in [0, 0.1) is 6.92 Å². The normalized spacial score (nSPS) is 15.1. The number of carbonyl (C=O) groups excluding carboxylic acids is 2. The zero-order valence-corrected chi connectivity index (χ0v) is 20.9. The molecule has 1 aliphatic carbocycles. The minimum atomic E-state index is -0.626. The lowest BCUT2D eigenvalue weighted by Gasteiger charge is -2.31. The van der Waals surface area contributed by atoms with Gasteiger partial charge in [0.15, 0.2) is 6.61 Å². The summed E-state index contributed by atoms with van der Waals surface area (Å²) in [5, 5.41) is 3.73. The molecule has 1 atom stereocenters. The molecule has 5 nitrogen and oxygen atoms in total. The van der Waals surface area contributed by atoms with Gasteiger partial charge in [-0.15, -0.1) is 0 Å². The Hall–Kier alpha value is -2.05. The van der Waals surface area contributed by atoms with E-state index in [1.165, 1.54) is 6.42 Å². The van der Waals surface area contributed by atoms with Crippen LogP contribution < -0.4 is 10.1 Å². The molecule has 0 unspecified atom stereocenters. The number of carbonyl (C=O) groups is 2. The number of ether oxygens (including phenoxy) is 1. The van der Waals surface area contributed by atoms with E-state index in [1.807, 2.05) is 43.3 Å². The molecule has 172 valence electrons. The van der Waals surface area contributed by atoms with Gasteiger partial charge in [0.05, 0.1) is 0 Å². The van der Waals surface area contributed by atoms with Gasteiger partial charge in [-0.3, -0.25) is 9.59 Å².